The summed E-state index contributed by atoms with van der Waals surface area (Å²) in [5, 5.41) is 9.02. The number of rotatable bonds is 5. The molecule has 2 aromatic rings. The molecule has 0 saturated heterocycles. The molecule has 29 heavy (non-hydrogen) atoms. The first-order valence-electron chi connectivity index (χ1n) is 9.24. The van der Waals surface area contributed by atoms with Gasteiger partial charge < -0.3 is 14.9 Å². The third-order valence-electron chi connectivity index (χ3n) is 5.24. The van der Waals surface area contributed by atoms with Crippen molar-refractivity contribution in [3.8, 4) is 0 Å². The van der Waals surface area contributed by atoms with Crippen molar-refractivity contribution in [3.63, 3.8) is 0 Å². The third kappa shape index (κ3) is 4.05. The van der Waals surface area contributed by atoms with Crippen LogP contribution in [0.1, 0.15) is 43.4 Å². The van der Waals surface area contributed by atoms with E-state index in [0.717, 1.165) is 11.4 Å². The SMILES string of the molecule is CC(CC(=O)O)N(C)C(=O)c1ccc2c(n1)C(C)(C)CN2c1ccc(Cl)c(F)c1. The second kappa shape index (κ2) is 7.63. The quantitative estimate of drug-likeness (QED) is 0.784. The van der Waals surface area contributed by atoms with E-state index in [0.29, 0.717) is 12.2 Å². The number of fused-ring (bicyclic) bond motifs is 1. The number of amides is 1. The van der Waals surface area contributed by atoms with Gasteiger partial charge in [-0.2, -0.15) is 0 Å². The molecule has 1 atom stereocenters. The summed E-state index contributed by atoms with van der Waals surface area (Å²) in [5.41, 5.74) is 2.08. The van der Waals surface area contributed by atoms with E-state index in [1.807, 2.05) is 18.7 Å². The molecule has 0 radical (unpaired) electrons. The van der Waals surface area contributed by atoms with Crippen LogP contribution < -0.4 is 4.90 Å². The summed E-state index contributed by atoms with van der Waals surface area (Å²) in [5.74, 6) is -1.80. The van der Waals surface area contributed by atoms with Gasteiger partial charge in [0.1, 0.15) is 11.5 Å². The molecule has 1 aromatic carbocycles. The Labute approximate surface area is 173 Å². The first-order valence-corrected chi connectivity index (χ1v) is 9.62. The fourth-order valence-corrected chi connectivity index (χ4v) is 3.61. The summed E-state index contributed by atoms with van der Waals surface area (Å²) in [6.45, 7) is 6.27. The second-order valence-electron chi connectivity index (χ2n) is 8.00. The standard InChI is InChI=1S/C21H23ClFN3O3/c1-12(9-18(27)28)25(4)20(29)16-7-8-17-19(24-16)21(2,3)11-26(17)13-5-6-14(22)15(23)10-13/h5-8,10,12H,9,11H2,1-4H3,(H,27,28). The normalized spacial score (nSPS) is 15.7. The van der Waals surface area contributed by atoms with Crippen LogP contribution in [0.5, 0.6) is 0 Å². The van der Waals surface area contributed by atoms with Crippen LogP contribution in [0.2, 0.25) is 5.02 Å². The Morgan fingerprint density at radius 2 is 2.03 bits per heavy atom. The second-order valence-corrected chi connectivity index (χ2v) is 8.40. The molecule has 8 heteroatoms. The van der Waals surface area contributed by atoms with Gasteiger partial charge in [-0.15, -0.1) is 0 Å². The van der Waals surface area contributed by atoms with Crippen LogP contribution in [0.15, 0.2) is 30.3 Å². The molecule has 2 heterocycles. The van der Waals surface area contributed by atoms with Gasteiger partial charge in [-0.05, 0) is 37.3 Å². The molecule has 1 N–H and O–H groups in total. The van der Waals surface area contributed by atoms with Gasteiger partial charge in [0.2, 0.25) is 0 Å². The minimum absolute atomic E-state index is 0.0602. The van der Waals surface area contributed by atoms with Crippen LogP contribution in [-0.2, 0) is 10.2 Å². The Bertz CT molecular complexity index is 980. The van der Waals surface area contributed by atoms with Crippen LogP contribution in [0.25, 0.3) is 0 Å². The lowest BCUT2D eigenvalue weighted by atomic mass is 9.91. The molecule has 154 valence electrons. The van der Waals surface area contributed by atoms with Crippen molar-refractivity contribution in [1.82, 2.24) is 9.88 Å². The minimum atomic E-state index is -0.967. The van der Waals surface area contributed by atoms with E-state index < -0.39 is 17.8 Å². The first kappa shape index (κ1) is 21.0. The van der Waals surface area contributed by atoms with Gasteiger partial charge in [-0.3, -0.25) is 9.59 Å². The number of hydrogen-bond acceptors (Lipinski definition) is 4. The number of aromatic nitrogens is 1. The van der Waals surface area contributed by atoms with Crippen molar-refractivity contribution in [2.45, 2.75) is 38.6 Å². The number of nitrogens with zero attached hydrogens (tertiary/aromatic N) is 3. The van der Waals surface area contributed by atoms with E-state index in [1.165, 1.54) is 17.0 Å². The maximum absolute atomic E-state index is 14.0. The number of carboxylic acids is 1. The predicted octanol–water partition coefficient (Wildman–Crippen LogP) is 4.24. The first-order chi connectivity index (χ1) is 13.5. The van der Waals surface area contributed by atoms with Crippen molar-refractivity contribution >= 4 is 34.9 Å². The zero-order valence-electron chi connectivity index (χ0n) is 16.7. The molecule has 3 rings (SSSR count). The minimum Gasteiger partial charge on any atom is -0.481 e. The zero-order valence-corrected chi connectivity index (χ0v) is 17.5. The van der Waals surface area contributed by atoms with Crippen molar-refractivity contribution in [1.29, 1.82) is 0 Å². The van der Waals surface area contributed by atoms with Crippen LogP contribution in [0.4, 0.5) is 15.8 Å². The third-order valence-corrected chi connectivity index (χ3v) is 5.55. The highest BCUT2D eigenvalue weighted by Crippen LogP contribution is 2.43. The highest BCUT2D eigenvalue weighted by molar-refractivity contribution is 6.30. The highest BCUT2D eigenvalue weighted by Gasteiger charge is 2.38. The molecule has 0 fully saturated rings. The Morgan fingerprint density at radius 1 is 1.34 bits per heavy atom. The Morgan fingerprint density at radius 3 is 2.66 bits per heavy atom. The van der Waals surface area contributed by atoms with Crippen molar-refractivity contribution in [2.24, 2.45) is 0 Å². The van der Waals surface area contributed by atoms with Gasteiger partial charge in [0.05, 0.1) is 22.8 Å². The smallest absolute Gasteiger partial charge is 0.305 e. The summed E-state index contributed by atoms with van der Waals surface area (Å²) in [6.07, 6.45) is -0.144. The van der Waals surface area contributed by atoms with Gasteiger partial charge >= 0.3 is 5.97 Å². The number of carboxylic acid groups (broad SMARTS) is 1. The lowest BCUT2D eigenvalue weighted by Crippen LogP contribution is -2.37. The average Bonchev–Trinajstić information content (AvgIpc) is 2.93. The zero-order chi connectivity index (χ0) is 21.5. The van der Waals surface area contributed by atoms with E-state index in [9.17, 15) is 14.0 Å². The largest absolute Gasteiger partial charge is 0.481 e. The van der Waals surface area contributed by atoms with E-state index in [1.54, 1.807) is 32.2 Å². The topological polar surface area (TPSA) is 73.7 Å². The van der Waals surface area contributed by atoms with Crippen molar-refractivity contribution in [3.05, 3.63) is 52.6 Å². The van der Waals surface area contributed by atoms with Crippen LogP contribution in [-0.4, -0.2) is 46.5 Å². The number of carbonyl (C=O) groups is 2. The lowest BCUT2D eigenvalue weighted by Gasteiger charge is -2.24. The van der Waals surface area contributed by atoms with E-state index in [2.05, 4.69) is 4.98 Å². The molecule has 6 nitrogen and oxygen atoms in total. The summed E-state index contributed by atoms with van der Waals surface area (Å²) < 4.78 is 14.0. The van der Waals surface area contributed by atoms with Gasteiger partial charge in [0.15, 0.2) is 0 Å². The van der Waals surface area contributed by atoms with Gasteiger partial charge in [0, 0.05) is 30.7 Å². The van der Waals surface area contributed by atoms with Gasteiger partial charge in [-0.25, -0.2) is 9.37 Å². The number of benzene rings is 1. The Kier molecular flexibility index (Phi) is 5.54. The fourth-order valence-electron chi connectivity index (χ4n) is 3.50. The maximum Gasteiger partial charge on any atom is 0.305 e. The Balaban J connectivity index is 1.94. The summed E-state index contributed by atoms with van der Waals surface area (Å²) in [6, 6.07) is 7.60. The van der Waals surface area contributed by atoms with Gasteiger partial charge in [0.25, 0.3) is 5.91 Å². The number of pyridine rings is 1. The average molecular weight is 420 g/mol. The fraction of sp³-hybridized carbons (Fsp3) is 0.381. The molecule has 0 bridgehead atoms. The van der Waals surface area contributed by atoms with Crippen molar-refractivity contribution in [2.75, 3.05) is 18.5 Å². The molecular weight excluding hydrogens is 397 g/mol. The number of hydrogen-bond donors (Lipinski definition) is 1. The lowest BCUT2D eigenvalue weighted by molar-refractivity contribution is -0.137. The summed E-state index contributed by atoms with van der Waals surface area (Å²) >= 11 is 5.80. The van der Waals surface area contributed by atoms with E-state index in [-0.39, 0.29) is 28.5 Å². The molecule has 0 spiro atoms. The number of anilines is 2. The number of halogens is 2. The highest BCUT2D eigenvalue weighted by atomic mass is 35.5. The molecule has 1 aliphatic rings. The molecule has 1 amide bonds. The predicted molar refractivity (Wildman–Crippen MR) is 109 cm³/mol. The molecule has 0 saturated carbocycles. The van der Waals surface area contributed by atoms with Crippen LogP contribution in [0.3, 0.4) is 0 Å². The van der Waals surface area contributed by atoms with Crippen LogP contribution in [0, 0.1) is 5.82 Å². The summed E-state index contributed by atoms with van der Waals surface area (Å²) in [4.78, 5) is 31.7. The van der Waals surface area contributed by atoms with Crippen molar-refractivity contribution < 1.29 is 19.1 Å². The maximum atomic E-state index is 14.0. The van der Waals surface area contributed by atoms with Gasteiger partial charge in [-0.1, -0.05) is 25.4 Å². The molecule has 1 unspecified atom stereocenters. The Hall–Kier alpha value is -2.67. The summed E-state index contributed by atoms with van der Waals surface area (Å²) in [7, 11) is 1.57. The number of carbonyl (C=O) groups excluding carboxylic acids is 1. The van der Waals surface area contributed by atoms with E-state index >= 15 is 0 Å². The molecular formula is C21H23ClFN3O3. The van der Waals surface area contributed by atoms with E-state index in [4.69, 9.17) is 16.7 Å². The molecule has 0 aliphatic carbocycles. The van der Waals surface area contributed by atoms with Crippen LogP contribution >= 0.6 is 11.6 Å². The number of aliphatic carboxylic acids is 1. The molecule has 1 aromatic heterocycles. The molecule has 1 aliphatic heterocycles. The monoisotopic (exact) mass is 419 g/mol.